The lowest BCUT2D eigenvalue weighted by atomic mass is 10.1. The highest BCUT2D eigenvalue weighted by molar-refractivity contribution is 7.07. The van der Waals surface area contributed by atoms with Crippen LogP contribution in [-0.2, 0) is 17.8 Å². The molecule has 2 aromatic rings. The number of aliphatic hydroxyl groups is 1. The lowest BCUT2D eigenvalue weighted by Crippen LogP contribution is -2.37. The number of aliphatic hydroxyl groups excluding tert-OH is 1. The fourth-order valence-electron chi connectivity index (χ4n) is 3.79. The van der Waals surface area contributed by atoms with E-state index < -0.39 is 5.91 Å². The van der Waals surface area contributed by atoms with Crippen LogP contribution >= 0.6 is 11.3 Å². The Morgan fingerprint density at radius 2 is 2.09 bits per heavy atom. The molecule has 3 N–H and O–H groups in total. The number of hydrogen-bond donors (Lipinski definition) is 3. The normalized spacial score (nSPS) is 15.9. The van der Waals surface area contributed by atoms with E-state index in [4.69, 9.17) is 5.26 Å². The number of anilines is 1. The minimum atomic E-state index is -0.678. The summed E-state index contributed by atoms with van der Waals surface area (Å²) in [5.74, 6) is -0.678. The molecular formula is C24H28N6O3S. The van der Waals surface area contributed by atoms with Crippen LogP contribution in [0, 0.1) is 22.7 Å². The molecule has 0 saturated carbocycles. The second-order valence-electron chi connectivity index (χ2n) is 7.96. The first-order valence-electron chi connectivity index (χ1n) is 11.2. The predicted octanol–water partition coefficient (Wildman–Crippen LogP) is 0.0931. The van der Waals surface area contributed by atoms with Crippen molar-refractivity contribution in [1.82, 2.24) is 14.8 Å². The second-order valence-corrected chi connectivity index (χ2v) is 8.99. The van der Waals surface area contributed by atoms with Crippen LogP contribution in [-0.4, -0.2) is 52.8 Å². The molecule has 10 heteroatoms. The fraction of sp³-hybridized carbons (Fsp3) is 0.417. The summed E-state index contributed by atoms with van der Waals surface area (Å²) in [5.41, 5.74) is 1.52. The third-order valence-electron chi connectivity index (χ3n) is 5.68. The maximum absolute atomic E-state index is 12.8. The molecule has 34 heavy (non-hydrogen) atoms. The van der Waals surface area contributed by atoms with Crippen molar-refractivity contribution in [3.8, 4) is 12.1 Å². The molecule has 1 saturated heterocycles. The Balaban J connectivity index is 1.79. The number of rotatable bonds is 8. The van der Waals surface area contributed by atoms with Crippen molar-refractivity contribution in [2.75, 3.05) is 31.5 Å². The zero-order valence-electron chi connectivity index (χ0n) is 19.1. The number of nitriles is 2. The standard InChI is InChI=1S/C24H28N6O3S/c1-2-30-23(33)21(34-24(30)20(15-26)22(32)27-10-9-25)16-28-18-5-3-4-17(14-18)6-11-29-12-7-19(31)8-13-29/h3-5,14,16,19,28,31H,2,6-8,10-13H2,1H3,(H,27,32)/b21-16+,24-20-. The van der Waals surface area contributed by atoms with Crippen LogP contribution in [0.15, 0.2) is 29.1 Å². The number of nitrogens with one attached hydrogen (secondary N) is 2. The number of hydrogen-bond acceptors (Lipinski definition) is 8. The number of amides is 1. The molecule has 0 aliphatic carbocycles. The van der Waals surface area contributed by atoms with Crippen LogP contribution in [0.2, 0.25) is 0 Å². The molecule has 1 aromatic carbocycles. The molecule has 1 aromatic heterocycles. The van der Waals surface area contributed by atoms with Crippen LogP contribution in [0.5, 0.6) is 0 Å². The highest BCUT2D eigenvalue weighted by Crippen LogP contribution is 2.14. The number of thiazole rings is 1. The molecule has 0 radical (unpaired) electrons. The van der Waals surface area contributed by atoms with E-state index in [2.05, 4.69) is 21.6 Å². The summed E-state index contributed by atoms with van der Waals surface area (Å²) in [4.78, 5) is 27.5. The van der Waals surface area contributed by atoms with Gasteiger partial charge in [0.15, 0.2) is 5.57 Å². The number of likely N-dealkylation sites (tertiary alicyclic amines) is 1. The molecule has 9 nitrogen and oxygen atoms in total. The Bertz CT molecular complexity index is 1280. The van der Waals surface area contributed by atoms with Crippen LogP contribution in [0.1, 0.15) is 25.3 Å². The van der Waals surface area contributed by atoms with Crippen molar-refractivity contribution in [2.24, 2.45) is 0 Å². The summed E-state index contributed by atoms with van der Waals surface area (Å²) < 4.78 is 2.02. The average molecular weight is 481 g/mol. The fourth-order valence-corrected chi connectivity index (χ4v) is 4.88. The molecule has 178 valence electrons. The van der Waals surface area contributed by atoms with Crippen LogP contribution in [0.4, 0.5) is 5.69 Å². The van der Waals surface area contributed by atoms with Gasteiger partial charge in [-0.3, -0.25) is 14.2 Å². The van der Waals surface area contributed by atoms with Crippen molar-refractivity contribution < 1.29 is 9.90 Å². The molecule has 1 aliphatic rings. The van der Waals surface area contributed by atoms with E-state index in [-0.39, 0.29) is 28.4 Å². The molecule has 1 aliphatic heterocycles. The summed E-state index contributed by atoms with van der Waals surface area (Å²) in [6.45, 7) is 4.60. The van der Waals surface area contributed by atoms with E-state index in [1.807, 2.05) is 24.3 Å². The molecule has 1 fully saturated rings. The zero-order valence-corrected chi connectivity index (χ0v) is 19.9. The minimum absolute atomic E-state index is 0.178. The molecule has 0 atom stereocenters. The van der Waals surface area contributed by atoms with Gasteiger partial charge in [-0.05, 0) is 43.9 Å². The van der Waals surface area contributed by atoms with Gasteiger partial charge in [0.25, 0.3) is 11.5 Å². The van der Waals surface area contributed by atoms with Gasteiger partial charge in [-0.1, -0.05) is 12.1 Å². The maximum Gasteiger partial charge on any atom is 0.270 e. The maximum atomic E-state index is 12.8. The highest BCUT2D eigenvalue weighted by atomic mass is 32.1. The van der Waals surface area contributed by atoms with Crippen LogP contribution < -0.4 is 25.4 Å². The van der Waals surface area contributed by atoms with Crippen LogP contribution in [0.25, 0.3) is 11.8 Å². The van der Waals surface area contributed by atoms with E-state index in [9.17, 15) is 20.0 Å². The van der Waals surface area contributed by atoms with Gasteiger partial charge in [0.2, 0.25) is 0 Å². The molecule has 0 unspecified atom stereocenters. The van der Waals surface area contributed by atoms with Gasteiger partial charge in [0.1, 0.15) is 21.8 Å². The Hall–Kier alpha value is -3.44. The van der Waals surface area contributed by atoms with Crippen molar-refractivity contribution in [3.05, 3.63) is 49.4 Å². The minimum Gasteiger partial charge on any atom is -0.393 e. The zero-order chi connectivity index (χ0) is 24.5. The number of piperidine rings is 1. The Labute approximate surface area is 201 Å². The molecule has 1 amide bonds. The summed E-state index contributed by atoms with van der Waals surface area (Å²) in [7, 11) is 0. The van der Waals surface area contributed by atoms with E-state index in [0.29, 0.717) is 11.1 Å². The number of carbonyl (C=O) groups excluding carboxylic acids is 1. The first-order chi connectivity index (χ1) is 16.5. The van der Waals surface area contributed by atoms with E-state index in [0.717, 1.165) is 61.5 Å². The molecule has 0 bridgehead atoms. The lowest BCUT2D eigenvalue weighted by molar-refractivity contribution is -0.115. The van der Waals surface area contributed by atoms with Crippen molar-refractivity contribution in [2.45, 2.75) is 38.8 Å². The second kappa shape index (κ2) is 12.1. The van der Waals surface area contributed by atoms with Gasteiger partial charge in [0.05, 0.1) is 12.2 Å². The third-order valence-corrected chi connectivity index (χ3v) is 6.81. The van der Waals surface area contributed by atoms with Crippen LogP contribution in [0.3, 0.4) is 0 Å². The van der Waals surface area contributed by atoms with Gasteiger partial charge in [0, 0.05) is 38.1 Å². The monoisotopic (exact) mass is 480 g/mol. The third kappa shape index (κ3) is 6.33. The topological polar surface area (TPSA) is 134 Å². The number of carbonyl (C=O) groups is 1. The first-order valence-corrected chi connectivity index (χ1v) is 12.0. The Morgan fingerprint density at radius 1 is 1.32 bits per heavy atom. The summed E-state index contributed by atoms with van der Waals surface area (Å²) in [6, 6.07) is 11.6. The van der Waals surface area contributed by atoms with Crippen molar-refractivity contribution >= 4 is 34.7 Å². The summed E-state index contributed by atoms with van der Waals surface area (Å²) in [6.07, 6.45) is 3.94. The van der Waals surface area contributed by atoms with Gasteiger partial charge in [-0.15, -0.1) is 11.3 Å². The van der Waals surface area contributed by atoms with Gasteiger partial charge in [-0.2, -0.15) is 10.5 Å². The lowest BCUT2D eigenvalue weighted by Gasteiger charge is -2.29. The predicted molar refractivity (Wildman–Crippen MR) is 131 cm³/mol. The van der Waals surface area contributed by atoms with Gasteiger partial charge >= 0.3 is 0 Å². The van der Waals surface area contributed by atoms with E-state index >= 15 is 0 Å². The highest BCUT2D eigenvalue weighted by Gasteiger charge is 2.17. The van der Waals surface area contributed by atoms with Crippen molar-refractivity contribution in [1.29, 1.82) is 10.5 Å². The average Bonchev–Trinajstić information content (AvgIpc) is 3.16. The molecule has 3 rings (SSSR count). The van der Waals surface area contributed by atoms with Crippen molar-refractivity contribution in [3.63, 3.8) is 0 Å². The summed E-state index contributed by atoms with van der Waals surface area (Å²) >= 11 is 1.06. The Kier molecular flexibility index (Phi) is 9.00. The van der Waals surface area contributed by atoms with Gasteiger partial charge < -0.3 is 20.6 Å². The smallest absolute Gasteiger partial charge is 0.270 e. The SMILES string of the molecule is CCn1c(=O)/c(=C\Nc2cccc(CCN3CCC(O)CC3)c2)s/c1=C(/C#N)C(=O)NCC#N. The summed E-state index contributed by atoms with van der Waals surface area (Å²) in [5, 5.41) is 33.3. The van der Waals surface area contributed by atoms with E-state index in [1.165, 1.54) is 4.57 Å². The van der Waals surface area contributed by atoms with E-state index in [1.54, 1.807) is 19.2 Å². The molecule has 2 heterocycles. The molecule has 0 spiro atoms. The van der Waals surface area contributed by atoms with Gasteiger partial charge in [-0.25, -0.2) is 0 Å². The molecular weight excluding hydrogens is 452 g/mol. The first kappa shape index (κ1) is 25.2. The number of nitrogens with zero attached hydrogens (tertiary/aromatic N) is 4. The number of aromatic nitrogens is 1. The number of benzene rings is 1. The Morgan fingerprint density at radius 3 is 2.76 bits per heavy atom. The largest absolute Gasteiger partial charge is 0.393 e. The quantitative estimate of drug-likeness (QED) is 0.456.